The number of nitrogens with zero attached hydrogens (tertiary/aromatic N) is 2. The number of aryl methyl sites for hydroxylation is 4. The van der Waals surface area contributed by atoms with E-state index < -0.39 is 30.0 Å². The Kier molecular flexibility index (Phi) is 12.9. The fraction of sp³-hybridized carbons (Fsp3) is 0.333. The maximum Gasteiger partial charge on any atom is 0.171 e. The highest BCUT2D eigenvalue weighted by Crippen LogP contribution is 2.27. The Bertz CT molecular complexity index is 1480. The number of hydrogen-bond acceptors (Lipinski definition) is 6. The lowest BCUT2D eigenvalue weighted by Crippen LogP contribution is -2.32. The van der Waals surface area contributed by atoms with Crippen molar-refractivity contribution in [1.82, 2.24) is 0 Å². The van der Waals surface area contributed by atoms with Gasteiger partial charge in [0.1, 0.15) is 33.3 Å². The summed E-state index contributed by atoms with van der Waals surface area (Å²) in [5, 5.41) is -0.158. The molecule has 216 valence electrons. The summed E-state index contributed by atoms with van der Waals surface area (Å²) in [5.41, 5.74) is 2.67. The van der Waals surface area contributed by atoms with E-state index in [1.165, 1.54) is 61.1 Å². The van der Waals surface area contributed by atoms with Crippen molar-refractivity contribution in [1.29, 1.82) is 0 Å². The summed E-state index contributed by atoms with van der Waals surface area (Å²) in [6.07, 6.45) is 13.7. The average molecular weight is 587 g/mol. The lowest BCUT2D eigenvalue weighted by atomic mass is 10.1. The SMILES string of the molecule is CCCC[n+]1cccc(C)c1.CCCC[n+]1cccc(C)c1.O=S(=O)([O-])c1cccc2c(S(=O)(=O)[O-])cccc12. The summed E-state index contributed by atoms with van der Waals surface area (Å²) < 4.78 is 70.6. The number of hydrogen-bond donors (Lipinski definition) is 0. The van der Waals surface area contributed by atoms with E-state index in [2.05, 4.69) is 85.9 Å². The van der Waals surface area contributed by atoms with E-state index in [1.807, 2.05) is 0 Å². The second kappa shape index (κ2) is 15.6. The van der Waals surface area contributed by atoms with Crippen LogP contribution in [0, 0.1) is 13.8 Å². The minimum absolute atomic E-state index is 0.0792. The minimum atomic E-state index is -4.74. The van der Waals surface area contributed by atoms with Gasteiger partial charge < -0.3 is 9.11 Å². The molecule has 0 atom stereocenters. The zero-order valence-corrected chi connectivity index (χ0v) is 25.1. The van der Waals surface area contributed by atoms with Crippen LogP contribution in [0.4, 0.5) is 0 Å². The van der Waals surface area contributed by atoms with Crippen molar-refractivity contribution in [3.63, 3.8) is 0 Å². The number of aromatic nitrogens is 2. The third kappa shape index (κ3) is 10.8. The van der Waals surface area contributed by atoms with Crippen LogP contribution in [0.3, 0.4) is 0 Å². The summed E-state index contributed by atoms with van der Waals surface area (Å²) in [7, 11) is -9.48. The molecule has 0 saturated carbocycles. The molecule has 40 heavy (non-hydrogen) atoms. The van der Waals surface area contributed by atoms with Gasteiger partial charge in [0, 0.05) is 46.9 Å². The van der Waals surface area contributed by atoms with Crippen LogP contribution in [-0.2, 0) is 33.3 Å². The van der Waals surface area contributed by atoms with Gasteiger partial charge in [-0.2, -0.15) is 0 Å². The van der Waals surface area contributed by atoms with E-state index in [-0.39, 0.29) is 10.8 Å². The van der Waals surface area contributed by atoms with E-state index >= 15 is 0 Å². The number of benzene rings is 2. The number of unbranched alkanes of at least 4 members (excludes halogenated alkanes) is 2. The van der Waals surface area contributed by atoms with Gasteiger partial charge in [0.2, 0.25) is 0 Å². The molecule has 2 aromatic carbocycles. The van der Waals surface area contributed by atoms with Crippen LogP contribution < -0.4 is 9.13 Å². The molecule has 0 N–H and O–H groups in total. The molecule has 0 unspecified atom stereocenters. The maximum atomic E-state index is 11.0. The van der Waals surface area contributed by atoms with Crippen LogP contribution in [0.2, 0.25) is 0 Å². The molecule has 8 nitrogen and oxygen atoms in total. The number of pyridine rings is 2. The van der Waals surface area contributed by atoms with Gasteiger partial charge in [-0.1, -0.05) is 51.0 Å². The fourth-order valence-corrected chi connectivity index (χ4v) is 5.34. The first-order valence-electron chi connectivity index (χ1n) is 13.2. The first kappa shape index (κ1) is 33.0. The summed E-state index contributed by atoms with van der Waals surface area (Å²) in [6, 6.07) is 15.5. The Morgan fingerprint density at radius 3 is 1.27 bits per heavy atom. The molecule has 4 aromatic rings. The Morgan fingerprint density at radius 1 is 0.600 bits per heavy atom. The molecule has 4 rings (SSSR count). The smallest absolute Gasteiger partial charge is 0.171 e. The Labute approximate surface area is 238 Å². The van der Waals surface area contributed by atoms with E-state index in [4.69, 9.17) is 0 Å². The van der Waals surface area contributed by atoms with Gasteiger partial charge in [-0.3, -0.25) is 0 Å². The van der Waals surface area contributed by atoms with Crippen molar-refractivity contribution >= 4 is 31.0 Å². The molecule has 0 aliphatic carbocycles. The largest absolute Gasteiger partial charge is 0.744 e. The Balaban J connectivity index is 0.000000222. The Morgan fingerprint density at radius 2 is 0.975 bits per heavy atom. The van der Waals surface area contributed by atoms with E-state index in [1.54, 1.807) is 0 Å². The second-order valence-electron chi connectivity index (χ2n) is 9.46. The average Bonchev–Trinajstić information content (AvgIpc) is 2.90. The summed E-state index contributed by atoms with van der Waals surface area (Å²) >= 11 is 0. The molecule has 0 amide bonds. The predicted molar refractivity (Wildman–Crippen MR) is 152 cm³/mol. The van der Waals surface area contributed by atoms with Crippen molar-refractivity contribution in [2.45, 2.75) is 76.3 Å². The van der Waals surface area contributed by atoms with Gasteiger partial charge >= 0.3 is 0 Å². The monoisotopic (exact) mass is 586 g/mol. The highest BCUT2D eigenvalue weighted by molar-refractivity contribution is 7.86. The second-order valence-corrected chi connectivity index (χ2v) is 12.2. The Hall–Kier alpha value is -3.18. The molecule has 2 aromatic heterocycles. The van der Waals surface area contributed by atoms with E-state index in [0.717, 1.165) is 25.2 Å². The molecule has 0 spiro atoms. The molecule has 0 radical (unpaired) electrons. The van der Waals surface area contributed by atoms with Gasteiger partial charge in [0.25, 0.3) is 0 Å². The molecule has 10 heteroatoms. The van der Waals surface area contributed by atoms with Crippen molar-refractivity contribution in [3.8, 4) is 0 Å². The highest BCUT2D eigenvalue weighted by Gasteiger charge is 2.12. The van der Waals surface area contributed by atoms with Crippen LogP contribution in [-0.4, -0.2) is 25.9 Å². The van der Waals surface area contributed by atoms with Gasteiger partial charge in [-0.15, -0.1) is 0 Å². The lowest BCUT2D eigenvalue weighted by molar-refractivity contribution is -0.697. The molecule has 0 bridgehead atoms. The lowest BCUT2D eigenvalue weighted by Gasteiger charge is -2.14. The molecule has 0 saturated heterocycles. The van der Waals surface area contributed by atoms with Gasteiger partial charge in [0.05, 0.1) is 9.79 Å². The standard InChI is InChI=1S/2C10H16N.C10H8O6S2/c2*1-3-4-7-11-8-5-6-10(2)9-11;11-17(12,13)9-5-1-3-7-8(9)4-2-6-10(7)18(14,15)16/h2*5-6,8-9H,3-4,7H2,1-2H3;1-6H,(H,11,12,13)(H,14,15,16)/q2*+1;/p-2. The fourth-order valence-electron chi connectivity index (χ4n) is 3.95. The van der Waals surface area contributed by atoms with Gasteiger partial charge in [-0.25, -0.2) is 26.0 Å². The molecule has 0 aliphatic rings. The van der Waals surface area contributed by atoms with E-state index in [0.29, 0.717) is 0 Å². The van der Waals surface area contributed by atoms with Crippen LogP contribution in [0.15, 0.2) is 95.2 Å². The maximum absolute atomic E-state index is 11.0. The molecule has 0 aliphatic heterocycles. The summed E-state index contributed by atoms with van der Waals surface area (Å²) in [4.78, 5) is -1.10. The molecular formula is C30H38N2O6S2. The molecule has 2 heterocycles. The number of rotatable bonds is 8. The van der Waals surface area contributed by atoms with Crippen LogP contribution >= 0.6 is 0 Å². The van der Waals surface area contributed by atoms with E-state index in [9.17, 15) is 25.9 Å². The molecule has 0 fully saturated rings. The summed E-state index contributed by atoms with van der Waals surface area (Å²) in [6.45, 7) is 11.0. The minimum Gasteiger partial charge on any atom is -0.744 e. The number of fused-ring (bicyclic) bond motifs is 1. The quantitative estimate of drug-likeness (QED) is 0.216. The predicted octanol–water partition coefficient (Wildman–Crippen LogP) is 4.81. The van der Waals surface area contributed by atoms with Crippen LogP contribution in [0.1, 0.15) is 50.7 Å². The zero-order valence-electron chi connectivity index (χ0n) is 23.5. The van der Waals surface area contributed by atoms with Gasteiger partial charge in [-0.05, 0) is 38.1 Å². The molecular weight excluding hydrogens is 548 g/mol. The van der Waals surface area contributed by atoms with Crippen LogP contribution in [0.25, 0.3) is 10.8 Å². The van der Waals surface area contributed by atoms with Crippen molar-refractivity contribution in [2.75, 3.05) is 0 Å². The normalized spacial score (nSPS) is 11.2. The summed E-state index contributed by atoms with van der Waals surface area (Å²) in [5.74, 6) is 0. The van der Waals surface area contributed by atoms with Crippen molar-refractivity contribution < 1.29 is 35.1 Å². The van der Waals surface area contributed by atoms with Crippen LogP contribution in [0.5, 0.6) is 0 Å². The van der Waals surface area contributed by atoms with Crippen molar-refractivity contribution in [3.05, 3.63) is 96.6 Å². The first-order valence-corrected chi connectivity index (χ1v) is 16.0. The first-order chi connectivity index (χ1) is 18.9. The third-order valence-electron chi connectivity index (χ3n) is 5.93. The van der Waals surface area contributed by atoms with Gasteiger partial charge in [0.15, 0.2) is 24.8 Å². The third-order valence-corrected chi connectivity index (χ3v) is 7.72. The highest BCUT2D eigenvalue weighted by atomic mass is 32.2. The topological polar surface area (TPSA) is 122 Å². The van der Waals surface area contributed by atoms with Crippen molar-refractivity contribution in [2.24, 2.45) is 0 Å². The zero-order chi connectivity index (χ0) is 29.8.